The fourth-order valence-electron chi connectivity index (χ4n) is 2.34. The second kappa shape index (κ2) is 7.45. The molecule has 0 spiro atoms. The lowest BCUT2D eigenvalue weighted by atomic mass is 10.1. The SMILES string of the molecule is Cc1ccc(-c2cc(C(=O)OCc3nnc(-c4ccc(Br)s4)o3)[nH]n2)cc1. The van der Waals surface area contributed by atoms with Gasteiger partial charge in [0.05, 0.1) is 14.4 Å². The first-order valence-corrected chi connectivity index (χ1v) is 9.57. The Morgan fingerprint density at radius 3 is 2.78 bits per heavy atom. The van der Waals surface area contributed by atoms with Crippen molar-refractivity contribution in [1.82, 2.24) is 20.4 Å². The standard InChI is InChI=1S/C18H13BrN4O3S/c1-10-2-4-11(5-3-10)12-8-13(21-20-12)18(24)25-9-16-22-23-17(26-16)14-6-7-15(19)27-14/h2-8H,9H2,1H3,(H,20,21). The first-order chi connectivity index (χ1) is 13.1. The molecule has 0 fully saturated rings. The van der Waals surface area contributed by atoms with Crippen LogP contribution in [0.4, 0.5) is 0 Å². The molecule has 0 amide bonds. The van der Waals surface area contributed by atoms with E-state index in [-0.39, 0.29) is 18.2 Å². The molecule has 0 radical (unpaired) electrons. The van der Waals surface area contributed by atoms with Crippen molar-refractivity contribution in [3.05, 3.63) is 63.4 Å². The summed E-state index contributed by atoms with van der Waals surface area (Å²) in [5.74, 6) is 0.0700. The largest absolute Gasteiger partial charge is 0.451 e. The van der Waals surface area contributed by atoms with Crippen molar-refractivity contribution in [2.75, 3.05) is 0 Å². The van der Waals surface area contributed by atoms with Gasteiger partial charge in [-0.1, -0.05) is 29.8 Å². The van der Waals surface area contributed by atoms with Crippen LogP contribution in [0.25, 0.3) is 22.0 Å². The molecule has 7 nitrogen and oxygen atoms in total. The zero-order valence-electron chi connectivity index (χ0n) is 14.1. The second-order valence-corrected chi connectivity index (χ2v) is 8.18. The normalized spacial score (nSPS) is 10.9. The van der Waals surface area contributed by atoms with Crippen LogP contribution < -0.4 is 0 Å². The summed E-state index contributed by atoms with van der Waals surface area (Å²) in [7, 11) is 0. The molecule has 9 heteroatoms. The van der Waals surface area contributed by atoms with Gasteiger partial charge in [-0.15, -0.1) is 21.5 Å². The molecule has 0 aliphatic rings. The molecule has 0 saturated heterocycles. The summed E-state index contributed by atoms with van der Waals surface area (Å²) < 4.78 is 11.7. The summed E-state index contributed by atoms with van der Waals surface area (Å²) in [6.45, 7) is 1.90. The lowest BCUT2D eigenvalue weighted by Crippen LogP contribution is -2.05. The average molecular weight is 445 g/mol. The summed E-state index contributed by atoms with van der Waals surface area (Å²) in [5, 5.41) is 14.7. The number of aromatic amines is 1. The Morgan fingerprint density at radius 2 is 2.04 bits per heavy atom. The molecule has 0 bridgehead atoms. The fraction of sp³-hybridized carbons (Fsp3) is 0.111. The van der Waals surface area contributed by atoms with Gasteiger partial charge >= 0.3 is 5.97 Å². The van der Waals surface area contributed by atoms with Gasteiger partial charge < -0.3 is 9.15 Å². The monoisotopic (exact) mass is 444 g/mol. The molecule has 0 atom stereocenters. The lowest BCUT2D eigenvalue weighted by molar-refractivity contribution is 0.0431. The van der Waals surface area contributed by atoms with Gasteiger partial charge in [-0.3, -0.25) is 5.10 Å². The first-order valence-electron chi connectivity index (χ1n) is 7.96. The quantitative estimate of drug-likeness (QED) is 0.451. The number of carbonyl (C=O) groups is 1. The van der Waals surface area contributed by atoms with Crippen LogP contribution in [0.15, 0.2) is 50.7 Å². The van der Waals surface area contributed by atoms with E-state index in [1.165, 1.54) is 11.3 Å². The zero-order valence-corrected chi connectivity index (χ0v) is 16.5. The maximum atomic E-state index is 12.2. The van der Waals surface area contributed by atoms with Crippen molar-refractivity contribution in [2.24, 2.45) is 0 Å². The Kier molecular flexibility index (Phi) is 4.87. The van der Waals surface area contributed by atoms with E-state index in [2.05, 4.69) is 36.3 Å². The number of aromatic nitrogens is 4. The number of hydrogen-bond donors (Lipinski definition) is 1. The number of aryl methyl sites for hydroxylation is 1. The summed E-state index contributed by atoms with van der Waals surface area (Å²) in [6.07, 6.45) is 0. The average Bonchev–Trinajstić information content (AvgIpc) is 3.40. The van der Waals surface area contributed by atoms with Crippen molar-refractivity contribution in [1.29, 1.82) is 0 Å². The van der Waals surface area contributed by atoms with Gasteiger partial charge in [0.2, 0.25) is 0 Å². The van der Waals surface area contributed by atoms with Crippen molar-refractivity contribution >= 4 is 33.2 Å². The van der Waals surface area contributed by atoms with Gasteiger partial charge in [0.15, 0.2) is 6.61 Å². The predicted molar refractivity (Wildman–Crippen MR) is 103 cm³/mol. The van der Waals surface area contributed by atoms with E-state index in [0.717, 1.165) is 19.8 Å². The number of carbonyl (C=O) groups excluding carboxylic acids is 1. The number of halogens is 1. The molecule has 136 valence electrons. The number of benzene rings is 1. The summed E-state index contributed by atoms with van der Waals surface area (Å²) in [5.41, 5.74) is 3.00. The van der Waals surface area contributed by atoms with Crippen LogP contribution in [-0.2, 0) is 11.3 Å². The molecule has 1 aromatic carbocycles. The Morgan fingerprint density at radius 1 is 1.22 bits per heavy atom. The number of H-pyrrole nitrogens is 1. The van der Waals surface area contributed by atoms with Gasteiger partial charge in [0.25, 0.3) is 11.8 Å². The van der Waals surface area contributed by atoms with Crippen LogP contribution in [0, 0.1) is 6.92 Å². The van der Waals surface area contributed by atoms with Gasteiger partial charge in [0, 0.05) is 5.56 Å². The second-order valence-electron chi connectivity index (χ2n) is 5.71. The number of ether oxygens (including phenoxy) is 1. The minimum atomic E-state index is -0.542. The van der Waals surface area contributed by atoms with Crippen LogP contribution in [0.3, 0.4) is 0 Å². The molecule has 0 saturated carbocycles. The van der Waals surface area contributed by atoms with Crippen LogP contribution >= 0.6 is 27.3 Å². The van der Waals surface area contributed by atoms with E-state index in [0.29, 0.717) is 11.6 Å². The van der Waals surface area contributed by atoms with Gasteiger partial charge in [-0.05, 0) is 41.1 Å². The van der Waals surface area contributed by atoms with E-state index >= 15 is 0 Å². The summed E-state index contributed by atoms with van der Waals surface area (Å²) in [6, 6.07) is 13.3. The summed E-state index contributed by atoms with van der Waals surface area (Å²) >= 11 is 4.86. The van der Waals surface area contributed by atoms with E-state index in [4.69, 9.17) is 9.15 Å². The third-order valence-electron chi connectivity index (χ3n) is 3.72. The highest BCUT2D eigenvalue weighted by molar-refractivity contribution is 9.11. The van der Waals surface area contributed by atoms with Crippen LogP contribution in [0.5, 0.6) is 0 Å². The third-order valence-corrected chi connectivity index (χ3v) is 5.33. The molecule has 0 unspecified atom stereocenters. The molecule has 0 aliphatic carbocycles. The molecule has 4 aromatic rings. The Balaban J connectivity index is 1.40. The van der Waals surface area contributed by atoms with Gasteiger partial charge in [-0.25, -0.2) is 4.79 Å². The third kappa shape index (κ3) is 3.99. The molecule has 0 aliphatic heterocycles. The molecule has 27 heavy (non-hydrogen) atoms. The van der Waals surface area contributed by atoms with Crippen LogP contribution in [0.2, 0.25) is 0 Å². The number of hydrogen-bond acceptors (Lipinski definition) is 7. The summed E-state index contributed by atoms with van der Waals surface area (Å²) in [4.78, 5) is 13.0. The van der Waals surface area contributed by atoms with Gasteiger partial charge in [0.1, 0.15) is 5.69 Å². The van der Waals surface area contributed by atoms with Gasteiger partial charge in [-0.2, -0.15) is 5.10 Å². The van der Waals surface area contributed by atoms with E-state index in [1.54, 1.807) is 6.07 Å². The van der Waals surface area contributed by atoms with E-state index in [1.807, 2.05) is 43.3 Å². The van der Waals surface area contributed by atoms with E-state index in [9.17, 15) is 4.79 Å². The zero-order chi connectivity index (χ0) is 18.8. The number of nitrogens with one attached hydrogen (secondary N) is 1. The predicted octanol–water partition coefficient (Wildman–Crippen LogP) is 4.62. The molecule has 3 heterocycles. The van der Waals surface area contributed by atoms with Crippen molar-refractivity contribution in [2.45, 2.75) is 13.5 Å². The molecule has 4 rings (SSSR count). The van der Waals surface area contributed by atoms with E-state index < -0.39 is 5.97 Å². The number of thiophene rings is 1. The Bertz CT molecular complexity index is 1080. The van der Waals surface area contributed by atoms with Crippen LogP contribution in [0.1, 0.15) is 21.9 Å². The topological polar surface area (TPSA) is 93.9 Å². The molecule has 3 aromatic heterocycles. The maximum Gasteiger partial charge on any atom is 0.356 e. The van der Waals surface area contributed by atoms with Crippen molar-refractivity contribution in [3.63, 3.8) is 0 Å². The highest BCUT2D eigenvalue weighted by Gasteiger charge is 2.16. The molecule has 1 N–H and O–H groups in total. The maximum absolute atomic E-state index is 12.2. The van der Waals surface area contributed by atoms with Crippen molar-refractivity contribution < 1.29 is 13.9 Å². The minimum absolute atomic E-state index is 0.114. The highest BCUT2D eigenvalue weighted by atomic mass is 79.9. The number of nitrogens with zero attached hydrogens (tertiary/aromatic N) is 3. The highest BCUT2D eigenvalue weighted by Crippen LogP contribution is 2.30. The Labute approximate surface area is 166 Å². The fourth-order valence-corrected chi connectivity index (χ4v) is 3.65. The Hall–Kier alpha value is -2.78. The number of esters is 1. The van der Waals surface area contributed by atoms with Crippen LogP contribution in [-0.4, -0.2) is 26.4 Å². The molecular formula is C18H13BrN4O3S. The van der Waals surface area contributed by atoms with Crippen molar-refractivity contribution in [3.8, 4) is 22.0 Å². The minimum Gasteiger partial charge on any atom is -0.451 e. The first kappa shape index (κ1) is 17.6. The smallest absolute Gasteiger partial charge is 0.356 e. The number of rotatable bonds is 5. The lowest BCUT2D eigenvalue weighted by Gasteiger charge is -1.98. The molecular weight excluding hydrogens is 432 g/mol.